The van der Waals surface area contributed by atoms with E-state index in [2.05, 4.69) is 4.72 Å². The zero-order valence-electron chi connectivity index (χ0n) is 11.6. The van der Waals surface area contributed by atoms with Crippen LogP contribution in [0.15, 0.2) is 41.3 Å². The first-order valence-electron chi connectivity index (χ1n) is 6.05. The van der Waals surface area contributed by atoms with Crippen LogP contribution in [0.2, 0.25) is 10.0 Å². The van der Waals surface area contributed by atoms with Crippen molar-refractivity contribution in [2.45, 2.75) is 4.90 Å². The Balaban J connectivity index is 2.49. The molecule has 0 amide bonds. The zero-order chi connectivity index (χ0) is 17.2. The van der Waals surface area contributed by atoms with Gasteiger partial charge in [-0.25, -0.2) is 8.42 Å². The smallest absolute Gasteiger partial charge is 0.271 e. The number of rotatable bonds is 5. The number of ether oxygens (including phenoxy) is 1. The molecule has 0 spiro atoms. The second-order valence-corrected chi connectivity index (χ2v) is 6.82. The number of nitrogens with zero attached hydrogens (tertiary/aromatic N) is 1. The molecule has 0 radical (unpaired) electrons. The van der Waals surface area contributed by atoms with Crippen molar-refractivity contribution in [2.24, 2.45) is 0 Å². The lowest BCUT2D eigenvalue weighted by molar-refractivity contribution is -0.384. The lowest BCUT2D eigenvalue weighted by Crippen LogP contribution is -2.14. The summed E-state index contributed by atoms with van der Waals surface area (Å²) in [4.78, 5) is 9.92. The van der Waals surface area contributed by atoms with Gasteiger partial charge in [0, 0.05) is 17.2 Å². The van der Waals surface area contributed by atoms with E-state index in [1.54, 1.807) is 0 Å². The van der Waals surface area contributed by atoms with Crippen LogP contribution in [0.4, 0.5) is 11.4 Å². The lowest BCUT2D eigenvalue weighted by atomic mass is 10.3. The maximum Gasteiger partial charge on any atom is 0.271 e. The van der Waals surface area contributed by atoms with Crippen molar-refractivity contribution in [3.05, 3.63) is 56.6 Å². The first-order valence-corrected chi connectivity index (χ1v) is 8.29. The fraction of sp³-hybridized carbons (Fsp3) is 0.0769. The van der Waals surface area contributed by atoms with E-state index < -0.39 is 14.9 Å². The number of nitro benzene ring substituents is 1. The number of nitrogens with one attached hydrogen (secondary N) is 1. The Hall–Kier alpha value is -2.03. The first kappa shape index (κ1) is 17.3. The quantitative estimate of drug-likeness (QED) is 0.633. The van der Waals surface area contributed by atoms with Gasteiger partial charge in [0.05, 0.1) is 22.7 Å². The molecular weight excluding hydrogens is 367 g/mol. The summed E-state index contributed by atoms with van der Waals surface area (Å²) in [6.07, 6.45) is 0. The van der Waals surface area contributed by atoms with Crippen LogP contribution < -0.4 is 9.46 Å². The number of sulfonamides is 1. The second-order valence-electron chi connectivity index (χ2n) is 4.32. The maximum absolute atomic E-state index is 12.5. The molecule has 0 aromatic heterocycles. The van der Waals surface area contributed by atoms with Gasteiger partial charge in [-0.2, -0.15) is 0 Å². The highest BCUT2D eigenvalue weighted by Crippen LogP contribution is 2.32. The summed E-state index contributed by atoms with van der Waals surface area (Å²) < 4.78 is 32.2. The number of methoxy groups -OCH3 is 1. The van der Waals surface area contributed by atoms with Crippen LogP contribution in [-0.4, -0.2) is 20.5 Å². The molecule has 0 atom stereocenters. The van der Waals surface area contributed by atoms with Crippen molar-refractivity contribution in [1.82, 2.24) is 0 Å². The van der Waals surface area contributed by atoms with Gasteiger partial charge < -0.3 is 4.74 Å². The van der Waals surface area contributed by atoms with Crippen molar-refractivity contribution >= 4 is 44.6 Å². The van der Waals surface area contributed by atoms with Crippen molar-refractivity contribution in [3.63, 3.8) is 0 Å². The van der Waals surface area contributed by atoms with Crippen LogP contribution in [0, 0.1) is 10.1 Å². The normalized spacial score (nSPS) is 11.1. The summed E-state index contributed by atoms with van der Waals surface area (Å²) in [6.45, 7) is 0. The Bertz CT molecular complexity index is 871. The van der Waals surface area contributed by atoms with Gasteiger partial charge in [-0.3, -0.25) is 14.8 Å². The van der Waals surface area contributed by atoms with E-state index in [1.807, 2.05) is 0 Å². The predicted molar refractivity (Wildman–Crippen MR) is 86.9 cm³/mol. The summed E-state index contributed by atoms with van der Waals surface area (Å²) >= 11 is 11.7. The highest BCUT2D eigenvalue weighted by Gasteiger charge is 2.22. The molecule has 7 nitrogen and oxygen atoms in total. The first-order chi connectivity index (χ1) is 10.7. The minimum Gasteiger partial charge on any atom is -0.495 e. The van der Waals surface area contributed by atoms with Crippen LogP contribution in [-0.2, 0) is 10.0 Å². The second kappa shape index (κ2) is 6.61. The molecule has 0 unspecified atom stereocenters. The van der Waals surface area contributed by atoms with Crippen LogP contribution in [0.3, 0.4) is 0 Å². The van der Waals surface area contributed by atoms with E-state index in [9.17, 15) is 18.5 Å². The van der Waals surface area contributed by atoms with E-state index >= 15 is 0 Å². The largest absolute Gasteiger partial charge is 0.495 e. The number of non-ortho nitro benzene ring substituents is 1. The number of hydrogen-bond acceptors (Lipinski definition) is 5. The number of halogens is 2. The number of hydrogen-bond donors (Lipinski definition) is 1. The molecule has 1 N–H and O–H groups in total. The third-order valence-electron chi connectivity index (χ3n) is 2.82. The van der Waals surface area contributed by atoms with E-state index in [-0.39, 0.29) is 32.1 Å². The molecule has 2 aromatic rings. The molecule has 0 bridgehead atoms. The molecule has 0 aliphatic heterocycles. The zero-order valence-corrected chi connectivity index (χ0v) is 13.9. The Labute approximate surface area is 142 Å². The molecule has 0 aliphatic rings. The molecule has 2 aromatic carbocycles. The van der Waals surface area contributed by atoms with Crippen LogP contribution in [0.5, 0.6) is 5.75 Å². The molecule has 0 fully saturated rings. The highest BCUT2D eigenvalue weighted by molar-refractivity contribution is 7.92. The van der Waals surface area contributed by atoms with E-state index in [0.717, 1.165) is 6.07 Å². The SMILES string of the molecule is COc1ccc(Cl)cc1S(=O)(=O)Nc1cc([N+](=O)[O-])ccc1Cl. The summed E-state index contributed by atoms with van der Waals surface area (Å²) in [5, 5.41) is 11.0. The molecule has 122 valence electrons. The average molecular weight is 377 g/mol. The fourth-order valence-corrected chi connectivity index (χ4v) is 3.49. The van der Waals surface area contributed by atoms with E-state index in [4.69, 9.17) is 27.9 Å². The summed E-state index contributed by atoms with van der Waals surface area (Å²) in [6, 6.07) is 7.49. The third kappa shape index (κ3) is 3.84. The van der Waals surface area contributed by atoms with Crippen molar-refractivity contribution in [1.29, 1.82) is 0 Å². The van der Waals surface area contributed by atoms with Gasteiger partial charge in [0.15, 0.2) is 0 Å². The summed E-state index contributed by atoms with van der Waals surface area (Å²) in [5.41, 5.74) is -0.423. The predicted octanol–water partition coefficient (Wildman–Crippen LogP) is 3.71. The van der Waals surface area contributed by atoms with E-state index in [1.165, 1.54) is 37.4 Å². The summed E-state index contributed by atoms with van der Waals surface area (Å²) in [7, 11) is -2.80. The summed E-state index contributed by atoms with van der Waals surface area (Å²) in [5.74, 6) is 0.0726. The van der Waals surface area contributed by atoms with Crippen molar-refractivity contribution < 1.29 is 18.1 Å². The van der Waals surface area contributed by atoms with Gasteiger partial charge in [-0.05, 0) is 24.3 Å². The standard InChI is InChI=1S/C13H10Cl2N2O5S/c1-22-12-5-2-8(14)6-13(12)23(20,21)16-11-7-9(17(18)19)3-4-10(11)15/h2-7,16H,1H3. The van der Waals surface area contributed by atoms with Crippen molar-refractivity contribution in [2.75, 3.05) is 11.8 Å². The highest BCUT2D eigenvalue weighted by atomic mass is 35.5. The fourth-order valence-electron chi connectivity index (χ4n) is 1.77. The molecule has 0 saturated carbocycles. The van der Waals surface area contributed by atoms with Gasteiger partial charge in [-0.15, -0.1) is 0 Å². The van der Waals surface area contributed by atoms with Crippen LogP contribution in [0.25, 0.3) is 0 Å². The van der Waals surface area contributed by atoms with Gasteiger partial charge >= 0.3 is 0 Å². The van der Waals surface area contributed by atoms with Crippen LogP contribution in [0.1, 0.15) is 0 Å². The minimum atomic E-state index is -4.11. The van der Waals surface area contributed by atoms with Crippen molar-refractivity contribution in [3.8, 4) is 5.75 Å². The molecule has 0 aliphatic carbocycles. The molecule has 10 heteroatoms. The molecule has 0 saturated heterocycles. The number of nitro groups is 1. The topological polar surface area (TPSA) is 98.5 Å². The number of benzene rings is 2. The Kier molecular flexibility index (Phi) is 4.98. The monoisotopic (exact) mass is 376 g/mol. The van der Waals surface area contributed by atoms with Gasteiger partial charge in [0.2, 0.25) is 0 Å². The third-order valence-corrected chi connectivity index (χ3v) is 4.77. The molecular formula is C13H10Cl2N2O5S. The number of anilines is 1. The Morgan fingerprint density at radius 3 is 2.48 bits per heavy atom. The Morgan fingerprint density at radius 1 is 1.17 bits per heavy atom. The lowest BCUT2D eigenvalue weighted by Gasteiger charge is -2.12. The molecule has 0 heterocycles. The average Bonchev–Trinajstić information content (AvgIpc) is 2.49. The molecule has 23 heavy (non-hydrogen) atoms. The van der Waals surface area contributed by atoms with Gasteiger partial charge in [-0.1, -0.05) is 23.2 Å². The Morgan fingerprint density at radius 2 is 1.87 bits per heavy atom. The molecule has 2 rings (SSSR count). The van der Waals surface area contributed by atoms with E-state index in [0.29, 0.717) is 0 Å². The van der Waals surface area contributed by atoms with Gasteiger partial charge in [0.1, 0.15) is 10.6 Å². The van der Waals surface area contributed by atoms with Crippen LogP contribution >= 0.6 is 23.2 Å². The maximum atomic E-state index is 12.5. The minimum absolute atomic E-state index is 0.0140. The van der Waals surface area contributed by atoms with Gasteiger partial charge in [0.25, 0.3) is 15.7 Å².